The van der Waals surface area contributed by atoms with Crippen LogP contribution in [0.25, 0.3) is 0 Å². The molecule has 0 amide bonds. The summed E-state index contributed by atoms with van der Waals surface area (Å²) < 4.78 is 6.05. The van der Waals surface area contributed by atoms with Crippen molar-refractivity contribution in [1.29, 1.82) is 0 Å². The highest BCUT2D eigenvalue weighted by Gasteiger charge is 3.09. The molecule has 6 aliphatic rings. The molecule has 8 heteroatoms. The van der Waals surface area contributed by atoms with E-state index in [2.05, 4.69) is 0 Å². The second-order valence-corrected chi connectivity index (χ2v) is 10.9. The Balaban J connectivity index is 1.97. The molecule has 7 N–H and O–H groups in total. The Kier molecular flexibility index (Phi) is 3.04. The molecule has 8 nitrogen and oxygen atoms in total. The molecule has 11 atom stereocenters. The van der Waals surface area contributed by atoms with Crippen LogP contribution in [0.2, 0.25) is 0 Å². The van der Waals surface area contributed by atoms with Crippen LogP contribution in [0.1, 0.15) is 53.9 Å². The molecule has 1 spiro atoms. The van der Waals surface area contributed by atoms with Crippen molar-refractivity contribution in [1.82, 2.24) is 0 Å². The van der Waals surface area contributed by atoms with Gasteiger partial charge in [0.25, 0.3) is 0 Å². The molecule has 160 valence electrons. The van der Waals surface area contributed by atoms with E-state index in [0.717, 1.165) is 0 Å². The van der Waals surface area contributed by atoms with Crippen LogP contribution in [0, 0.1) is 22.7 Å². The van der Waals surface area contributed by atoms with Crippen molar-refractivity contribution < 1.29 is 40.5 Å². The molecule has 0 aromatic rings. The largest absolute Gasteiger partial charge is 0.390 e. The molecule has 0 aromatic carbocycles. The van der Waals surface area contributed by atoms with Gasteiger partial charge < -0.3 is 40.5 Å². The van der Waals surface area contributed by atoms with Gasteiger partial charge in [-0.15, -0.1) is 0 Å². The zero-order valence-electron chi connectivity index (χ0n) is 17.0. The molecular formula is C20H32O8. The number of hydrogen-bond acceptors (Lipinski definition) is 8. The van der Waals surface area contributed by atoms with E-state index in [9.17, 15) is 35.7 Å². The van der Waals surface area contributed by atoms with Gasteiger partial charge in [-0.05, 0) is 31.6 Å². The first-order chi connectivity index (χ1) is 12.6. The summed E-state index contributed by atoms with van der Waals surface area (Å²) in [5, 5.41) is 82.3. The molecule has 7 unspecified atom stereocenters. The van der Waals surface area contributed by atoms with Crippen LogP contribution in [-0.4, -0.2) is 81.7 Å². The van der Waals surface area contributed by atoms with Crippen molar-refractivity contribution in [3.8, 4) is 0 Å². The Morgan fingerprint density at radius 1 is 1.00 bits per heavy atom. The van der Waals surface area contributed by atoms with E-state index < -0.39 is 68.7 Å². The van der Waals surface area contributed by atoms with E-state index in [-0.39, 0.29) is 12.8 Å². The lowest BCUT2D eigenvalue weighted by Gasteiger charge is -2.60. The van der Waals surface area contributed by atoms with Crippen LogP contribution in [0.15, 0.2) is 0 Å². The highest BCUT2D eigenvalue weighted by atomic mass is 16.7. The summed E-state index contributed by atoms with van der Waals surface area (Å²) in [4.78, 5) is 0. The van der Waals surface area contributed by atoms with Crippen molar-refractivity contribution in [2.24, 2.45) is 22.7 Å². The quantitative estimate of drug-likeness (QED) is 0.285. The Hall–Kier alpha value is -0.320. The minimum Gasteiger partial charge on any atom is -0.390 e. The number of hydrogen-bond donors (Lipinski definition) is 7. The van der Waals surface area contributed by atoms with Crippen LogP contribution in [0.3, 0.4) is 0 Å². The van der Waals surface area contributed by atoms with E-state index in [1.807, 2.05) is 0 Å². The minimum atomic E-state index is -2.49. The molecule has 0 radical (unpaired) electrons. The summed E-state index contributed by atoms with van der Waals surface area (Å²) in [7, 11) is 0. The average molecular weight is 400 g/mol. The monoisotopic (exact) mass is 400 g/mol. The molecule has 6 fully saturated rings. The van der Waals surface area contributed by atoms with Crippen LogP contribution in [-0.2, 0) is 4.74 Å². The van der Waals surface area contributed by atoms with Gasteiger partial charge in [-0.25, -0.2) is 0 Å². The number of ether oxygens (including phenoxy) is 1. The smallest absolute Gasteiger partial charge is 0.178 e. The van der Waals surface area contributed by atoms with Gasteiger partial charge in [0.2, 0.25) is 0 Å². The van der Waals surface area contributed by atoms with E-state index in [1.165, 1.54) is 13.8 Å². The normalized spacial score (nSPS) is 72.1. The lowest BCUT2D eigenvalue weighted by Crippen LogP contribution is -2.75. The highest BCUT2D eigenvalue weighted by molar-refractivity contribution is 5.56. The van der Waals surface area contributed by atoms with Crippen molar-refractivity contribution in [3.63, 3.8) is 0 Å². The summed E-state index contributed by atoms with van der Waals surface area (Å²) in [6.07, 6.45) is -3.04. The van der Waals surface area contributed by atoms with Crippen molar-refractivity contribution in [2.45, 2.75) is 99.9 Å². The molecule has 2 heterocycles. The summed E-state index contributed by atoms with van der Waals surface area (Å²) in [6.45, 7) is 7.90. The maximum Gasteiger partial charge on any atom is 0.178 e. The third-order valence-electron chi connectivity index (χ3n) is 10.3. The summed E-state index contributed by atoms with van der Waals surface area (Å²) in [5.74, 6) is -3.24. The van der Waals surface area contributed by atoms with Crippen LogP contribution >= 0.6 is 0 Å². The zero-order chi connectivity index (χ0) is 21.1. The molecule has 4 saturated carbocycles. The fraction of sp³-hybridized carbons (Fsp3) is 1.00. The molecular weight excluding hydrogens is 368 g/mol. The highest BCUT2D eigenvalue weighted by Crippen LogP contribution is 2.90. The first kappa shape index (κ1) is 19.6. The van der Waals surface area contributed by atoms with Crippen molar-refractivity contribution in [3.05, 3.63) is 0 Å². The van der Waals surface area contributed by atoms with E-state index in [4.69, 9.17) is 4.74 Å². The maximum absolute atomic E-state index is 12.3. The fourth-order valence-corrected chi connectivity index (χ4v) is 8.80. The first-order valence-corrected chi connectivity index (χ1v) is 10.2. The van der Waals surface area contributed by atoms with Gasteiger partial charge in [-0.3, -0.25) is 0 Å². The Morgan fingerprint density at radius 3 is 2.11 bits per heavy atom. The zero-order valence-corrected chi connectivity index (χ0v) is 17.0. The summed E-state index contributed by atoms with van der Waals surface area (Å²) in [5.41, 5.74) is -14.7. The van der Waals surface area contributed by atoms with Gasteiger partial charge in [0, 0.05) is 11.8 Å². The molecule has 0 aromatic heterocycles. The molecule has 2 aliphatic heterocycles. The molecule has 2 saturated heterocycles. The van der Waals surface area contributed by atoms with Gasteiger partial charge >= 0.3 is 0 Å². The van der Waals surface area contributed by atoms with E-state index >= 15 is 0 Å². The van der Waals surface area contributed by atoms with Crippen LogP contribution in [0.5, 0.6) is 0 Å². The average Bonchev–Trinajstić information content (AvgIpc) is 2.84. The topological polar surface area (TPSA) is 151 Å². The lowest BCUT2D eigenvalue weighted by atomic mass is 9.52. The predicted octanol–water partition coefficient (Wildman–Crippen LogP) is -1.38. The third-order valence-corrected chi connectivity index (χ3v) is 10.3. The van der Waals surface area contributed by atoms with Crippen molar-refractivity contribution >= 4 is 0 Å². The lowest BCUT2D eigenvalue weighted by molar-refractivity contribution is -0.390. The number of aliphatic hydroxyl groups is 7. The second-order valence-electron chi connectivity index (χ2n) is 10.9. The van der Waals surface area contributed by atoms with Gasteiger partial charge in [0.15, 0.2) is 11.4 Å². The Labute approximate surface area is 163 Å². The predicted molar refractivity (Wildman–Crippen MR) is 94.6 cm³/mol. The molecule has 4 aliphatic carbocycles. The van der Waals surface area contributed by atoms with Gasteiger partial charge in [-0.1, -0.05) is 27.7 Å². The number of aliphatic hydroxyl groups excluding tert-OH is 2. The third kappa shape index (κ3) is 1.13. The van der Waals surface area contributed by atoms with Gasteiger partial charge in [0.1, 0.15) is 28.5 Å². The van der Waals surface area contributed by atoms with Gasteiger partial charge in [-0.2, -0.15) is 0 Å². The van der Waals surface area contributed by atoms with Crippen LogP contribution in [0.4, 0.5) is 0 Å². The standard InChI is InChI=1S/C20H32O8/c1-9(2)17(25)12(22)18(26)13(4)8-16(24)14(17,5)20(18,27)19(28-16)11(21)10(3)6-7-15(13,19)23/h9-12,21-27H,6-8H2,1-5H3/t10?,11?,12?,13-,14?,15-,16-,17?,18+,19?,20?/m0/s1. The van der Waals surface area contributed by atoms with Crippen LogP contribution < -0.4 is 0 Å². The van der Waals surface area contributed by atoms with E-state index in [0.29, 0.717) is 6.42 Å². The van der Waals surface area contributed by atoms with Crippen molar-refractivity contribution in [2.75, 3.05) is 0 Å². The minimum absolute atomic E-state index is 0.116. The fourth-order valence-electron chi connectivity index (χ4n) is 8.80. The Bertz CT molecular complexity index is 790. The Morgan fingerprint density at radius 2 is 1.57 bits per heavy atom. The SMILES string of the molecule is CC1CC[C@@]2(O)C3(O[C@@]4(O)C[C@]2(C)[C@]2(O)C(O)C(O)(C(C)C)C4(C)C32O)C1O. The second kappa shape index (κ2) is 4.34. The first-order valence-electron chi connectivity index (χ1n) is 10.2. The molecule has 28 heavy (non-hydrogen) atoms. The summed E-state index contributed by atoms with van der Waals surface area (Å²) >= 11 is 0. The maximum atomic E-state index is 12.3. The molecule has 6 rings (SSSR count). The molecule has 6 bridgehead atoms. The van der Waals surface area contributed by atoms with Gasteiger partial charge in [0.05, 0.1) is 11.5 Å². The van der Waals surface area contributed by atoms with E-state index in [1.54, 1.807) is 20.8 Å². The summed E-state index contributed by atoms with van der Waals surface area (Å²) in [6, 6.07) is 0. The number of rotatable bonds is 1.